The highest BCUT2D eigenvalue weighted by Crippen LogP contribution is 2.24. The van der Waals surface area contributed by atoms with Crippen molar-refractivity contribution in [3.8, 4) is 11.5 Å². The van der Waals surface area contributed by atoms with Crippen molar-refractivity contribution in [3.63, 3.8) is 0 Å². The van der Waals surface area contributed by atoms with E-state index in [9.17, 15) is 14.7 Å². The Kier molecular flexibility index (Phi) is 12.7. The lowest BCUT2D eigenvalue weighted by Crippen LogP contribution is -2.39. The van der Waals surface area contributed by atoms with E-state index in [1.165, 1.54) is 0 Å². The van der Waals surface area contributed by atoms with Crippen molar-refractivity contribution in [2.24, 2.45) is 0 Å². The van der Waals surface area contributed by atoms with E-state index in [4.69, 9.17) is 49.0 Å². The first-order valence-electron chi connectivity index (χ1n) is 12.7. The summed E-state index contributed by atoms with van der Waals surface area (Å²) in [4.78, 5) is 26.0. The number of nitrogens with one attached hydrogen (secondary N) is 1. The molecule has 0 aromatic heterocycles. The Labute approximate surface area is 248 Å². The van der Waals surface area contributed by atoms with Gasteiger partial charge in [-0.15, -0.1) is 0 Å². The van der Waals surface area contributed by atoms with Gasteiger partial charge in [-0.1, -0.05) is 59.1 Å². The van der Waals surface area contributed by atoms with Crippen molar-refractivity contribution in [1.29, 1.82) is 0 Å². The van der Waals surface area contributed by atoms with Crippen molar-refractivity contribution in [2.75, 3.05) is 38.2 Å². The maximum atomic E-state index is 13.1. The molecule has 1 atom stereocenters. The Morgan fingerprint density at radius 2 is 1.57 bits per heavy atom. The minimum atomic E-state index is -1.00. The molecule has 3 rings (SSSR count). The molecule has 40 heavy (non-hydrogen) atoms. The number of carboxylic acid groups (broad SMARTS) is 1. The number of carbonyl (C=O) groups is 2. The molecule has 11 heteroatoms. The summed E-state index contributed by atoms with van der Waals surface area (Å²) < 4.78 is 16.9. The number of urea groups is 1. The largest absolute Gasteiger partial charge is 0.493 e. The Hall–Kier alpha value is -3.17. The fourth-order valence-electron chi connectivity index (χ4n) is 3.76. The van der Waals surface area contributed by atoms with E-state index in [2.05, 4.69) is 5.32 Å². The van der Waals surface area contributed by atoms with E-state index in [0.29, 0.717) is 65.0 Å². The van der Waals surface area contributed by atoms with Gasteiger partial charge in [-0.2, -0.15) is 0 Å². The van der Waals surface area contributed by atoms with Gasteiger partial charge in [0.15, 0.2) is 6.10 Å². The van der Waals surface area contributed by atoms with Gasteiger partial charge in [0.2, 0.25) is 0 Å². The molecule has 0 aliphatic carbocycles. The lowest BCUT2D eigenvalue weighted by molar-refractivity contribution is -0.149. The number of para-hydroxylation sites is 1. The zero-order chi connectivity index (χ0) is 28.9. The number of aliphatic carboxylic acids is 1. The number of anilines is 1. The Bertz CT molecular complexity index is 1240. The molecule has 0 aliphatic rings. The van der Waals surface area contributed by atoms with Crippen molar-refractivity contribution >= 4 is 52.5 Å². The van der Waals surface area contributed by atoms with Crippen LogP contribution in [0.2, 0.25) is 15.1 Å². The van der Waals surface area contributed by atoms with Gasteiger partial charge in [-0.3, -0.25) is 0 Å². The molecule has 0 saturated carbocycles. The number of nitrogens with zero attached hydrogens (tertiary/aromatic N) is 1. The van der Waals surface area contributed by atoms with Crippen LogP contribution in [0.15, 0.2) is 66.7 Å². The van der Waals surface area contributed by atoms with E-state index in [1.54, 1.807) is 78.6 Å². The highest BCUT2D eigenvalue weighted by molar-refractivity contribution is 6.35. The average Bonchev–Trinajstić information content (AvgIpc) is 2.91. The third-order valence-corrected chi connectivity index (χ3v) is 6.46. The predicted molar refractivity (Wildman–Crippen MR) is 157 cm³/mol. The smallest absolute Gasteiger partial charge is 0.333 e. The number of ether oxygens (including phenoxy) is 3. The number of amides is 2. The summed E-state index contributed by atoms with van der Waals surface area (Å²) >= 11 is 18.3. The predicted octanol–water partition coefficient (Wildman–Crippen LogP) is 7.06. The summed E-state index contributed by atoms with van der Waals surface area (Å²) in [5.74, 6) is 0.144. The number of benzene rings is 3. The van der Waals surface area contributed by atoms with Gasteiger partial charge < -0.3 is 29.5 Å². The number of hydrogen-bond donors (Lipinski definition) is 2. The van der Waals surface area contributed by atoms with Crippen LogP contribution in [0, 0.1) is 0 Å². The lowest BCUT2D eigenvalue weighted by atomic mass is 10.1. The molecular formula is C29H31Cl3N2O6. The van der Waals surface area contributed by atoms with Crippen LogP contribution in [0.25, 0.3) is 0 Å². The molecular weight excluding hydrogens is 579 g/mol. The summed E-state index contributed by atoms with van der Waals surface area (Å²) in [6.07, 6.45) is -0.107. The average molecular weight is 610 g/mol. The Balaban J connectivity index is 1.56. The second-order valence-electron chi connectivity index (χ2n) is 8.68. The molecule has 3 aromatic rings. The highest BCUT2D eigenvalue weighted by Gasteiger charge is 2.18. The molecule has 0 fully saturated rings. The number of carboxylic acids is 1. The molecule has 2 N–H and O–H groups in total. The molecule has 0 radical (unpaired) electrons. The summed E-state index contributed by atoms with van der Waals surface area (Å²) in [6, 6.07) is 18.8. The standard InChI is InChI=1S/C29H31Cl3N2O6/c1-2-38-27(28(35)36)16-20-8-10-23(11-9-20)40-15-13-34(29(37)33-26-7-4-3-6-25(26)32)12-5-14-39-24-18-21(30)17-22(31)19-24/h3-4,6-11,17-19,27H,2,5,12-16H2,1H3,(H,33,37)(H,35,36). The van der Waals surface area contributed by atoms with Crippen LogP contribution in [-0.4, -0.2) is 61.0 Å². The topological polar surface area (TPSA) is 97.3 Å². The fourth-order valence-corrected chi connectivity index (χ4v) is 4.45. The molecule has 2 amide bonds. The van der Waals surface area contributed by atoms with E-state index in [-0.39, 0.29) is 19.1 Å². The zero-order valence-corrected chi connectivity index (χ0v) is 24.2. The summed E-state index contributed by atoms with van der Waals surface area (Å²) in [5.41, 5.74) is 1.32. The van der Waals surface area contributed by atoms with E-state index in [1.807, 2.05) is 0 Å². The van der Waals surface area contributed by atoms with Crippen LogP contribution in [0.4, 0.5) is 10.5 Å². The van der Waals surface area contributed by atoms with Crippen molar-refractivity contribution in [3.05, 3.63) is 87.4 Å². The number of carbonyl (C=O) groups excluding carboxylic acids is 1. The minimum absolute atomic E-state index is 0.233. The van der Waals surface area contributed by atoms with Gasteiger partial charge in [0, 0.05) is 29.6 Å². The normalized spacial score (nSPS) is 11.5. The van der Waals surface area contributed by atoms with Crippen LogP contribution in [0.1, 0.15) is 18.9 Å². The molecule has 0 heterocycles. The van der Waals surface area contributed by atoms with Crippen molar-refractivity contribution in [1.82, 2.24) is 4.90 Å². The van der Waals surface area contributed by atoms with Crippen LogP contribution >= 0.6 is 34.8 Å². The van der Waals surface area contributed by atoms with Gasteiger partial charge in [0.1, 0.15) is 18.1 Å². The second kappa shape index (κ2) is 16.2. The SMILES string of the molecule is CCOC(Cc1ccc(OCCN(CCCOc2cc(Cl)cc(Cl)c2)C(=O)Nc2ccccc2Cl)cc1)C(=O)O. The van der Waals surface area contributed by atoms with Gasteiger partial charge >= 0.3 is 12.0 Å². The molecule has 0 spiro atoms. The van der Waals surface area contributed by atoms with Gasteiger partial charge in [-0.05, 0) is 61.4 Å². The van der Waals surface area contributed by atoms with Crippen LogP contribution in [-0.2, 0) is 16.0 Å². The Morgan fingerprint density at radius 1 is 0.900 bits per heavy atom. The third-order valence-electron chi connectivity index (χ3n) is 5.70. The summed E-state index contributed by atoms with van der Waals surface area (Å²) in [7, 11) is 0. The van der Waals surface area contributed by atoms with Crippen LogP contribution < -0.4 is 14.8 Å². The number of rotatable bonds is 15. The lowest BCUT2D eigenvalue weighted by Gasteiger charge is -2.23. The third kappa shape index (κ3) is 10.4. The quantitative estimate of drug-likeness (QED) is 0.179. The molecule has 214 valence electrons. The first-order chi connectivity index (χ1) is 19.2. The maximum absolute atomic E-state index is 13.1. The van der Waals surface area contributed by atoms with Gasteiger partial charge in [0.25, 0.3) is 0 Å². The molecule has 0 bridgehead atoms. The molecule has 3 aromatic carbocycles. The first kappa shape index (κ1) is 31.4. The molecule has 0 saturated heterocycles. The van der Waals surface area contributed by atoms with E-state index in [0.717, 1.165) is 5.56 Å². The molecule has 8 nitrogen and oxygen atoms in total. The maximum Gasteiger partial charge on any atom is 0.333 e. The Morgan fingerprint density at radius 3 is 2.23 bits per heavy atom. The van der Waals surface area contributed by atoms with Crippen LogP contribution in [0.3, 0.4) is 0 Å². The fraction of sp³-hybridized carbons (Fsp3) is 0.310. The number of hydrogen-bond acceptors (Lipinski definition) is 5. The van der Waals surface area contributed by atoms with E-state index < -0.39 is 12.1 Å². The zero-order valence-electron chi connectivity index (χ0n) is 21.9. The first-order valence-corrected chi connectivity index (χ1v) is 13.8. The van der Waals surface area contributed by atoms with Crippen molar-refractivity contribution < 1.29 is 28.9 Å². The second-order valence-corrected chi connectivity index (χ2v) is 9.96. The summed E-state index contributed by atoms with van der Waals surface area (Å²) in [6.45, 7) is 3.34. The minimum Gasteiger partial charge on any atom is -0.493 e. The number of halogens is 3. The monoisotopic (exact) mass is 608 g/mol. The van der Waals surface area contributed by atoms with Gasteiger partial charge in [0.05, 0.1) is 23.9 Å². The van der Waals surface area contributed by atoms with Crippen LogP contribution in [0.5, 0.6) is 11.5 Å². The van der Waals surface area contributed by atoms with Gasteiger partial charge in [-0.25, -0.2) is 9.59 Å². The molecule has 1 unspecified atom stereocenters. The summed E-state index contributed by atoms with van der Waals surface area (Å²) in [5, 5.41) is 13.5. The highest BCUT2D eigenvalue weighted by atomic mass is 35.5. The van der Waals surface area contributed by atoms with Crippen molar-refractivity contribution in [2.45, 2.75) is 25.9 Å². The molecule has 0 aliphatic heterocycles. The van der Waals surface area contributed by atoms with E-state index >= 15 is 0 Å².